The molecule has 0 spiro atoms. The molecule has 1 N–H and O–H groups in total. The summed E-state index contributed by atoms with van der Waals surface area (Å²) in [4.78, 5) is 19.6. The van der Waals surface area contributed by atoms with E-state index in [9.17, 15) is 4.79 Å². The number of nitrogens with zero attached hydrogens (tertiary/aromatic N) is 2. The van der Waals surface area contributed by atoms with Gasteiger partial charge in [0.05, 0.1) is 13.2 Å². The molecule has 2 heterocycles. The van der Waals surface area contributed by atoms with Crippen LogP contribution in [0, 0.1) is 0 Å². The average Bonchev–Trinajstić information content (AvgIpc) is 3.62. The summed E-state index contributed by atoms with van der Waals surface area (Å²) in [5.74, 6) is 0.748. The highest BCUT2D eigenvalue weighted by atomic mass is 32.1. The van der Waals surface area contributed by atoms with Crippen molar-refractivity contribution < 1.29 is 19.4 Å². The summed E-state index contributed by atoms with van der Waals surface area (Å²) in [6.45, 7) is 5.92. The number of aromatic carboxylic acids is 1. The second kappa shape index (κ2) is 18.6. The predicted octanol–water partition coefficient (Wildman–Crippen LogP) is 12.1. The molecule has 0 aliphatic carbocycles. The van der Waals surface area contributed by atoms with Gasteiger partial charge in [0.2, 0.25) is 0 Å². The van der Waals surface area contributed by atoms with Crippen molar-refractivity contribution in [2.75, 3.05) is 18.1 Å². The molecule has 0 amide bonds. The van der Waals surface area contributed by atoms with Gasteiger partial charge in [-0.3, -0.25) is 0 Å². The van der Waals surface area contributed by atoms with Gasteiger partial charge in [-0.2, -0.15) is 0 Å². The lowest BCUT2D eigenvalue weighted by molar-refractivity contribution is 0.0690. The minimum Gasteiger partial charge on any atom is -0.494 e. The Hall–Kier alpha value is -4.88. The van der Waals surface area contributed by atoms with Crippen LogP contribution in [-0.2, 0) is 0 Å². The molecule has 49 heavy (non-hydrogen) atoms. The summed E-state index contributed by atoms with van der Waals surface area (Å²) in [6.07, 6.45) is 15.3. The fraction of sp³-hybridized carbons (Fsp3) is 0.286. The number of unbranched alkanes of at least 4 members (excludes halogenated alkanes) is 6. The molecule has 0 bridgehead atoms. The number of aromatic nitrogens is 1. The fourth-order valence-corrected chi connectivity index (χ4v) is 6.35. The molecule has 0 radical (unpaired) electrons. The van der Waals surface area contributed by atoms with Crippen molar-refractivity contribution in [1.82, 2.24) is 4.98 Å². The standard InChI is InChI=1S/C42H46N2O4S/c1-3-5-7-9-29-47-37-21-17-35(18-22-37)44(36-19-23-38(24-20-36)48-30-10-8-6-4-2)34-15-11-32(12-16-34)13-25-39-26-28-41(49-39)33-14-27-40(42(45)46)43-31-33/h11-28,31H,3-10,29-30H2,1-2H3,(H,45,46)/b25-13+. The molecule has 3 aromatic carbocycles. The van der Waals surface area contributed by atoms with Crippen LogP contribution in [0.1, 0.15) is 86.1 Å². The summed E-state index contributed by atoms with van der Waals surface area (Å²) >= 11 is 1.64. The third kappa shape index (κ3) is 10.6. The average molecular weight is 675 g/mol. The molecular weight excluding hydrogens is 629 g/mol. The number of benzene rings is 3. The normalized spacial score (nSPS) is 11.1. The first-order valence-electron chi connectivity index (χ1n) is 17.4. The largest absolute Gasteiger partial charge is 0.494 e. The number of carboxylic acid groups (broad SMARTS) is 1. The SMILES string of the molecule is CCCCCCOc1ccc(N(c2ccc(/C=C/c3ccc(-c4ccc(C(=O)O)nc4)s3)cc2)c2ccc(OCCCCCC)cc2)cc1. The Labute approximate surface area is 294 Å². The molecule has 0 aliphatic heterocycles. The Morgan fingerprint density at radius 2 is 1.22 bits per heavy atom. The number of rotatable bonds is 19. The smallest absolute Gasteiger partial charge is 0.354 e. The maximum atomic E-state index is 11.1. The summed E-state index contributed by atoms with van der Waals surface area (Å²) in [5.41, 5.74) is 5.18. The van der Waals surface area contributed by atoms with E-state index in [1.54, 1.807) is 23.6 Å². The van der Waals surface area contributed by atoms with Crippen LogP contribution in [-0.4, -0.2) is 29.3 Å². The van der Waals surface area contributed by atoms with E-state index in [1.807, 2.05) is 6.07 Å². The van der Waals surface area contributed by atoms with Gasteiger partial charge in [0.1, 0.15) is 17.2 Å². The van der Waals surface area contributed by atoms with Crippen molar-refractivity contribution in [3.63, 3.8) is 0 Å². The van der Waals surface area contributed by atoms with E-state index in [0.29, 0.717) is 0 Å². The number of hydrogen-bond acceptors (Lipinski definition) is 6. The number of ether oxygens (including phenoxy) is 2. The molecule has 2 aromatic heterocycles. The Morgan fingerprint density at radius 1 is 0.673 bits per heavy atom. The van der Waals surface area contributed by atoms with Gasteiger partial charge in [0.15, 0.2) is 0 Å². The zero-order valence-corrected chi connectivity index (χ0v) is 29.3. The molecule has 5 rings (SSSR count). The van der Waals surface area contributed by atoms with Gasteiger partial charge >= 0.3 is 5.97 Å². The zero-order chi connectivity index (χ0) is 34.3. The van der Waals surface area contributed by atoms with Crippen molar-refractivity contribution >= 4 is 46.5 Å². The van der Waals surface area contributed by atoms with E-state index in [0.717, 1.165) is 75.5 Å². The first-order valence-corrected chi connectivity index (χ1v) is 18.2. The second-order valence-electron chi connectivity index (χ2n) is 12.0. The summed E-state index contributed by atoms with van der Waals surface area (Å²) in [5, 5.41) is 9.12. The van der Waals surface area contributed by atoms with Crippen LogP contribution in [0.5, 0.6) is 11.5 Å². The monoisotopic (exact) mass is 674 g/mol. The topological polar surface area (TPSA) is 71.9 Å². The zero-order valence-electron chi connectivity index (χ0n) is 28.5. The maximum Gasteiger partial charge on any atom is 0.354 e. The third-order valence-electron chi connectivity index (χ3n) is 8.21. The van der Waals surface area contributed by atoms with Crippen molar-refractivity contribution in [2.45, 2.75) is 65.2 Å². The van der Waals surface area contributed by atoms with E-state index in [-0.39, 0.29) is 5.69 Å². The van der Waals surface area contributed by atoms with Gasteiger partial charge in [-0.05, 0) is 109 Å². The Bertz CT molecular complexity index is 1690. The number of thiophene rings is 1. The Morgan fingerprint density at radius 3 is 1.71 bits per heavy atom. The number of carbonyl (C=O) groups is 1. The van der Waals surface area contributed by atoms with Gasteiger partial charge in [0.25, 0.3) is 0 Å². The Balaban J connectivity index is 1.30. The molecule has 254 valence electrons. The maximum absolute atomic E-state index is 11.1. The molecule has 0 saturated heterocycles. The van der Waals surface area contributed by atoms with Gasteiger partial charge in [-0.1, -0.05) is 70.6 Å². The van der Waals surface area contributed by atoms with Gasteiger partial charge in [0, 0.05) is 38.6 Å². The van der Waals surface area contributed by atoms with Gasteiger partial charge in [-0.25, -0.2) is 9.78 Å². The molecule has 0 atom stereocenters. The van der Waals surface area contributed by atoms with Crippen molar-refractivity contribution in [3.05, 3.63) is 119 Å². The van der Waals surface area contributed by atoms with Crippen LogP contribution in [0.2, 0.25) is 0 Å². The quantitative estimate of drug-likeness (QED) is 0.0879. The minimum atomic E-state index is -1.03. The number of carboxylic acids is 1. The highest BCUT2D eigenvalue weighted by Crippen LogP contribution is 2.37. The van der Waals surface area contributed by atoms with Gasteiger partial charge in [-0.15, -0.1) is 11.3 Å². The molecule has 0 unspecified atom stereocenters. The van der Waals surface area contributed by atoms with Crippen molar-refractivity contribution in [2.24, 2.45) is 0 Å². The number of hydrogen-bond donors (Lipinski definition) is 1. The van der Waals surface area contributed by atoms with Gasteiger partial charge < -0.3 is 19.5 Å². The lowest BCUT2D eigenvalue weighted by Crippen LogP contribution is -2.10. The highest BCUT2D eigenvalue weighted by molar-refractivity contribution is 7.16. The predicted molar refractivity (Wildman–Crippen MR) is 204 cm³/mol. The van der Waals surface area contributed by atoms with Crippen LogP contribution in [0.15, 0.2) is 103 Å². The lowest BCUT2D eigenvalue weighted by atomic mass is 10.1. The van der Waals surface area contributed by atoms with Crippen molar-refractivity contribution in [1.29, 1.82) is 0 Å². The number of pyridine rings is 1. The Kier molecular flexibility index (Phi) is 13.5. The molecular formula is C42H46N2O4S. The van der Waals surface area contributed by atoms with E-state index < -0.39 is 5.97 Å². The molecule has 6 nitrogen and oxygen atoms in total. The first kappa shape index (κ1) is 35.4. The highest BCUT2D eigenvalue weighted by Gasteiger charge is 2.13. The van der Waals surface area contributed by atoms with Crippen molar-refractivity contribution in [3.8, 4) is 21.9 Å². The van der Waals surface area contributed by atoms with E-state index >= 15 is 0 Å². The summed E-state index contributed by atoms with van der Waals surface area (Å²) in [7, 11) is 0. The second-order valence-corrected chi connectivity index (χ2v) is 13.1. The minimum absolute atomic E-state index is 0.0424. The molecule has 0 fully saturated rings. The molecule has 5 aromatic rings. The van der Waals surface area contributed by atoms with Crippen LogP contribution in [0.25, 0.3) is 22.6 Å². The summed E-state index contributed by atoms with van der Waals surface area (Å²) < 4.78 is 12.1. The first-order chi connectivity index (χ1) is 24.0. The molecule has 0 aliphatic rings. The van der Waals surface area contributed by atoms with E-state index in [2.05, 4.69) is 115 Å². The number of anilines is 3. The van der Waals surface area contributed by atoms with Crippen LogP contribution in [0.4, 0.5) is 17.1 Å². The molecule has 7 heteroatoms. The van der Waals surface area contributed by atoms with Crippen LogP contribution < -0.4 is 14.4 Å². The van der Waals surface area contributed by atoms with E-state index in [1.165, 1.54) is 44.6 Å². The fourth-order valence-electron chi connectivity index (χ4n) is 5.44. The summed E-state index contributed by atoms with van der Waals surface area (Å²) in [6, 6.07) is 32.7. The van der Waals surface area contributed by atoms with Crippen LogP contribution in [0.3, 0.4) is 0 Å². The lowest BCUT2D eigenvalue weighted by Gasteiger charge is -2.26. The van der Waals surface area contributed by atoms with Crippen LogP contribution >= 0.6 is 11.3 Å². The third-order valence-corrected chi connectivity index (χ3v) is 9.31. The molecule has 0 saturated carbocycles. The van der Waals surface area contributed by atoms with E-state index in [4.69, 9.17) is 14.6 Å².